The molecule has 2 heterocycles. The van der Waals surface area contributed by atoms with Gasteiger partial charge in [0.2, 0.25) is 0 Å². The largest absolute Gasteiger partial charge is 0.328 e. The molecule has 1 aromatic rings. The van der Waals surface area contributed by atoms with E-state index in [1.54, 1.807) is 10.8 Å². The summed E-state index contributed by atoms with van der Waals surface area (Å²) in [5.41, 5.74) is -0.652. The van der Waals surface area contributed by atoms with E-state index in [9.17, 15) is 9.59 Å². The molecule has 0 spiro atoms. The van der Waals surface area contributed by atoms with E-state index in [0.717, 1.165) is 25.9 Å². The van der Waals surface area contributed by atoms with Crippen LogP contribution in [0.1, 0.15) is 18.9 Å². The molecule has 0 bridgehead atoms. The van der Waals surface area contributed by atoms with Gasteiger partial charge in [-0.2, -0.15) is 0 Å². The molecule has 5 heteroatoms. The molecule has 1 aliphatic rings. The van der Waals surface area contributed by atoms with Crippen LogP contribution in [0.5, 0.6) is 0 Å². The molecule has 2 N–H and O–H groups in total. The first-order chi connectivity index (χ1) is 6.77. The van der Waals surface area contributed by atoms with Crippen LogP contribution in [-0.4, -0.2) is 22.6 Å². The van der Waals surface area contributed by atoms with Gasteiger partial charge in [-0.3, -0.25) is 14.3 Å². The third-order valence-electron chi connectivity index (χ3n) is 2.52. The monoisotopic (exact) mass is 195 g/mol. The number of nitrogens with one attached hydrogen (secondary N) is 2. The molecule has 0 aromatic carbocycles. The van der Waals surface area contributed by atoms with Crippen molar-refractivity contribution in [2.75, 3.05) is 13.1 Å². The van der Waals surface area contributed by atoms with Crippen LogP contribution < -0.4 is 16.6 Å². The van der Waals surface area contributed by atoms with Gasteiger partial charge in [-0.1, -0.05) is 0 Å². The number of piperidine rings is 1. The van der Waals surface area contributed by atoms with E-state index < -0.39 is 0 Å². The standard InChI is InChI=1S/C9H13N3O2/c13-8-3-5-12(9(14)11-8)7-2-1-4-10-6-7/h3,5,7,10H,1-2,4,6H2,(H,11,13,14)/t7-/m0/s1. The summed E-state index contributed by atoms with van der Waals surface area (Å²) in [6, 6.07) is 1.56. The molecule has 2 rings (SSSR count). The Kier molecular flexibility index (Phi) is 2.49. The zero-order valence-corrected chi connectivity index (χ0v) is 7.82. The van der Waals surface area contributed by atoms with Gasteiger partial charge in [0, 0.05) is 18.8 Å². The van der Waals surface area contributed by atoms with E-state index in [1.165, 1.54) is 6.07 Å². The molecule has 76 valence electrons. The normalized spacial score (nSPS) is 22.1. The van der Waals surface area contributed by atoms with Crippen LogP contribution in [0, 0.1) is 0 Å². The molecule has 14 heavy (non-hydrogen) atoms. The maximum Gasteiger partial charge on any atom is 0.328 e. The minimum Gasteiger partial charge on any atom is -0.315 e. The lowest BCUT2D eigenvalue weighted by Gasteiger charge is -2.24. The van der Waals surface area contributed by atoms with Crippen molar-refractivity contribution in [3.63, 3.8) is 0 Å². The van der Waals surface area contributed by atoms with Crippen molar-refractivity contribution in [3.05, 3.63) is 33.1 Å². The molecule has 5 nitrogen and oxygen atoms in total. The Balaban J connectivity index is 2.31. The highest BCUT2D eigenvalue weighted by Gasteiger charge is 2.15. The summed E-state index contributed by atoms with van der Waals surface area (Å²) < 4.78 is 1.59. The summed E-state index contributed by atoms with van der Waals surface area (Å²) in [7, 11) is 0. The number of hydrogen-bond donors (Lipinski definition) is 2. The summed E-state index contributed by atoms with van der Waals surface area (Å²) in [5.74, 6) is 0. The first kappa shape index (κ1) is 9.21. The highest BCUT2D eigenvalue weighted by atomic mass is 16.2. The van der Waals surface area contributed by atoms with Crippen LogP contribution in [0.4, 0.5) is 0 Å². The molecule has 0 aliphatic carbocycles. The number of aromatic nitrogens is 2. The average molecular weight is 195 g/mol. The van der Waals surface area contributed by atoms with E-state index in [0.29, 0.717) is 0 Å². The summed E-state index contributed by atoms with van der Waals surface area (Å²) in [6.45, 7) is 1.81. The van der Waals surface area contributed by atoms with E-state index in [4.69, 9.17) is 0 Å². The van der Waals surface area contributed by atoms with Crippen LogP contribution in [0.15, 0.2) is 21.9 Å². The zero-order valence-electron chi connectivity index (χ0n) is 7.82. The first-order valence-electron chi connectivity index (χ1n) is 4.79. The molecular formula is C9H13N3O2. The van der Waals surface area contributed by atoms with Gasteiger partial charge in [0.05, 0.1) is 6.04 Å². The number of H-pyrrole nitrogens is 1. The fraction of sp³-hybridized carbons (Fsp3) is 0.556. The minimum atomic E-state index is -0.338. The number of rotatable bonds is 1. The van der Waals surface area contributed by atoms with Crippen molar-refractivity contribution in [1.29, 1.82) is 0 Å². The number of hydrogen-bond acceptors (Lipinski definition) is 3. The topological polar surface area (TPSA) is 66.9 Å². The van der Waals surface area contributed by atoms with Crippen molar-refractivity contribution < 1.29 is 0 Å². The zero-order chi connectivity index (χ0) is 9.97. The Morgan fingerprint density at radius 2 is 2.29 bits per heavy atom. The van der Waals surface area contributed by atoms with Crippen molar-refractivity contribution in [2.45, 2.75) is 18.9 Å². The van der Waals surface area contributed by atoms with E-state index >= 15 is 0 Å². The van der Waals surface area contributed by atoms with Crippen LogP contribution in [0.2, 0.25) is 0 Å². The fourth-order valence-electron chi connectivity index (χ4n) is 1.79. The van der Waals surface area contributed by atoms with E-state index in [2.05, 4.69) is 10.3 Å². The lowest BCUT2D eigenvalue weighted by Crippen LogP contribution is -2.38. The van der Waals surface area contributed by atoms with Crippen LogP contribution in [0.3, 0.4) is 0 Å². The summed E-state index contributed by atoms with van der Waals surface area (Å²) in [6.07, 6.45) is 3.62. The van der Waals surface area contributed by atoms with Crippen molar-refractivity contribution in [1.82, 2.24) is 14.9 Å². The Labute approximate surface area is 80.8 Å². The third kappa shape index (κ3) is 1.77. The van der Waals surface area contributed by atoms with Crippen LogP contribution >= 0.6 is 0 Å². The molecule has 1 saturated heterocycles. The third-order valence-corrected chi connectivity index (χ3v) is 2.52. The second-order valence-electron chi connectivity index (χ2n) is 3.52. The summed E-state index contributed by atoms with van der Waals surface area (Å²) >= 11 is 0. The van der Waals surface area contributed by atoms with E-state index in [1.807, 2.05) is 0 Å². The van der Waals surface area contributed by atoms with Gasteiger partial charge < -0.3 is 5.32 Å². The van der Waals surface area contributed by atoms with Gasteiger partial charge in [0.25, 0.3) is 5.56 Å². The quantitative estimate of drug-likeness (QED) is 0.632. The molecule has 0 amide bonds. The molecule has 1 aromatic heterocycles. The molecule has 1 aliphatic heterocycles. The molecular weight excluding hydrogens is 182 g/mol. The molecule has 0 saturated carbocycles. The second-order valence-corrected chi connectivity index (χ2v) is 3.52. The smallest absolute Gasteiger partial charge is 0.315 e. The first-order valence-corrected chi connectivity index (χ1v) is 4.79. The lowest BCUT2D eigenvalue weighted by molar-refractivity contribution is 0.359. The Bertz CT molecular complexity index is 415. The number of aromatic amines is 1. The van der Waals surface area contributed by atoms with Crippen molar-refractivity contribution in [3.8, 4) is 0 Å². The fourth-order valence-corrected chi connectivity index (χ4v) is 1.79. The van der Waals surface area contributed by atoms with Crippen LogP contribution in [0.25, 0.3) is 0 Å². The Hall–Kier alpha value is -1.36. The van der Waals surface area contributed by atoms with Crippen molar-refractivity contribution >= 4 is 0 Å². The van der Waals surface area contributed by atoms with Gasteiger partial charge in [0.1, 0.15) is 0 Å². The summed E-state index contributed by atoms with van der Waals surface area (Å²) in [4.78, 5) is 24.5. The molecule has 1 atom stereocenters. The lowest BCUT2D eigenvalue weighted by atomic mass is 10.1. The van der Waals surface area contributed by atoms with Gasteiger partial charge in [0.15, 0.2) is 0 Å². The van der Waals surface area contributed by atoms with Crippen LogP contribution in [-0.2, 0) is 0 Å². The molecule has 0 radical (unpaired) electrons. The highest BCUT2D eigenvalue weighted by Crippen LogP contribution is 2.12. The Morgan fingerprint density at radius 3 is 2.93 bits per heavy atom. The predicted molar refractivity (Wildman–Crippen MR) is 52.5 cm³/mol. The van der Waals surface area contributed by atoms with Gasteiger partial charge in [-0.25, -0.2) is 4.79 Å². The SMILES string of the molecule is O=c1ccn([C@H]2CCCNC2)c(=O)[nH]1. The van der Waals surface area contributed by atoms with Crippen molar-refractivity contribution in [2.24, 2.45) is 0 Å². The van der Waals surface area contributed by atoms with Gasteiger partial charge >= 0.3 is 5.69 Å². The number of nitrogens with zero attached hydrogens (tertiary/aromatic N) is 1. The highest BCUT2D eigenvalue weighted by molar-refractivity contribution is 4.87. The molecule has 0 unspecified atom stereocenters. The minimum absolute atomic E-state index is 0.174. The maximum atomic E-state index is 11.4. The Morgan fingerprint density at radius 1 is 1.43 bits per heavy atom. The van der Waals surface area contributed by atoms with Gasteiger partial charge in [-0.05, 0) is 19.4 Å². The predicted octanol–water partition coefficient (Wildman–Crippen LogP) is -0.539. The maximum absolute atomic E-state index is 11.4. The van der Waals surface area contributed by atoms with E-state index in [-0.39, 0.29) is 17.3 Å². The average Bonchev–Trinajstić information content (AvgIpc) is 2.19. The van der Waals surface area contributed by atoms with Gasteiger partial charge in [-0.15, -0.1) is 0 Å². The second kappa shape index (κ2) is 3.79. The molecule has 1 fully saturated rings. The summed E-state index contributed by atoms with van der Waals surface area (Å²) in [5, 5.41) is 3.22.